The minimum absolute atomic E-state index is 0.0844. The van der Waals surface area contributed by atoms with Gasteiger partial charge in [-0.3, -0.25) is 13.5 Å². The molecule has 0 amide bonds. The van der Waals surface area contributed by atoms with Gasteiger partial charge < -0.3 is 4.74 Å². The maximum Gasteiger partial charge on any atom is 0.306 e. The molecule has 0 saturated heterocycles. The number of benzene rings is 1. The Kier molecular flexibility index (Phi) is 7.15. The van der Waals surface area contributed by atoms with Crippen LogP contribution in [0.3, 0.4) is 0 Å². The van der Waals surface area contributed by atoms with E-state index in [9.17, 15) is 9.59 Å². The number of ether oxygens (including phenoxy) is 1. The van der Waals surface area contributed by atoms with Gasteiger partial charge in [0, 0.05) is 13.0 Å². The molecule has 0 aliphatic carbocycles. The SMILES string of the molecule is O=C(CCCCCn1sc(Cl)c(Cl)c1=O)OCc1ccccc1. The van der Waals surface area contributed by atoms with Crippen LogP contribution in [-0.4, -0.2) is 9.93 Å². The minimum Gasteiger partial charge on any atom is -0.461 e. The highest BCUT2D eigenvalue weighted by molar-refractivity contribution is 7.11. The second-order valence-electron chi connectivity index (χ2n) is 5.04. The van der Waals surface area contributed by atoms with E-state index in [1.807, 2.05) is 30.3 Å². The van der Waals surface area contributed by atoms with E-state index in [1.165, 1.54) is 0 Å². The van der Waals surface area contributed by atoms with Crippen LogP contribution in [0.4, 0.5) is 0 Å². The van der Waals surface area contributed by atoms with Crippen LogP contribution < -0.4 is 5.56 Å². The van der Waals surface area contributed by atoms with Gasteiger partial charge >= 0.3 is 5.97 Å². The number of unbranched alkanes of at least 4 members (excludes halogenated alkanes) is 2. The second kappa shape index (κ2) is 9.11. The lowest BCUT2D eigenvalue weighted by Gasteiger charge is -2.05. The van der Waals surface area contributed by atoms with Crippen LogP contribution in [-0.2, 0) is 22.7 Å². The predicted octanol–water partition coefficient (Wildman–Crippen LogP) is 4.52. The number of hydrogen-bond acceptors (Lipinski definition) is 4. The van der Waals surface area contributed by atoms with Crippen molar-refractivity contribution in [2.45, 2.75) is 38.8 Å². The highest BCUT2D eigenvalue weighted by Gasteiger charge is 2.10. The first-order chi connectivity index (χ1) is 11.1. The fourth-order valence-electron chi connectivity index (χ4n) is 2.03. The van der Waals surface area contributed by atoms with E-state index >= 15 is 0 Å². The van der Waals surface area contributed by atoms with Gasteiger partial charge in [0.25, 0.3) is 5.56 Å². The maximum atomic E-state index is 11.7. The molecule has 4 nitrogen and oxygen atoms in total. The van der Waals surface area contributed by atoms with Crippen LogP contribution in [0.1, 0.15) is 31.2 Å². The summed E-state index contributed by atoms with van der Waals surface area (Å²) in [6, 6.07) is 9.58. The molecule has 0 atom stereocenters. The lowest BCUT2D eigenvalue weighted by Crippen LogP contribution is -2.13. The summed E-state index contributed by atoms with van der Waals surface area (Å²) in [6.07, 6.45) is 2.74. The van der Waals surface area contributed by atoms with Gasteiger partial charge in [-0.2, -0.15) is 0 Å². The van der Waals surface area contributed by atoms with Gasteiger partial charge in [0.1, 0.15) is 16.0 Å². The highest BCUT2D eigenvalue weighted by atomic mass is 35.5. The van der Waals surface area contributed by atoms with Gasteiger partial charge in [-0.15, -0.1) is 0 Å². The van der Waals surface area contributed by atoms with Crippen molar-refractivity contribution in [3.63, 3.8) is 0 Å². The number of aryl methyl sites for hydroxylation is 1. The van der Waals surface area contributed by atoms with Crippen molar-refractivity contribution < 1.29 is 9.53 Å². The zero-order valence-electron chi connectivity index (χ0n) is 12.5. The predicted molar refractivity (Wildman–Crippen MR) is 93.3 cm³/mol. The number of carbonyl (C=O) groups excluding carboxylic acids is 1. The summed E-state index contributed by atoms with van der Waals surface area (Å²) in [5.41, 5.74) is 0.732. The van der Waals surface area contributed by atoms with Crippen LogP contribution in [0.5, 0.6) is 0 Å². The molecule has 0 radical (unpaired) electrons. The van der Waals surface area contributed by atoms with Gasteiger partial charge in [0.2, 0.25) is 0 Å². The summed E-state index contributed by atoms with van der Waals surface area (Å²) in [6.45, 7) is 0.871. The third kappa shape index (κ3) is 5.68. The molecule has 2 rings (SSSR count). The van der Waals surface area contributed by atoms with Crippen molar-refractivity contribution >= 4 is 40.7 Å². The topological polar surface area (TPSA) is 48.3 Å². The first-order valence-corrected chi connectivity index (χ1v) is 8.85. The molecule has 2 aromatic rings. The number of aromatic nitrogens is 1. The van der Waals surface area contributed by atoms with Crippen molar-refractivity contribution in [1.29, 1.82) is 0 Å². The Morgan fingerprint density at radius 2 is 1.87 bits per heavy atom. The van der Waals surface area contributed by atoms with Crippen LogP contribution >= 0.6 is 34.7 Å². The Morgan fingerprint density at radius 3 is 2.52 bits per heavy atom. The second-order valence-corrected chi connectivity index (χ2v) is 7.05. The Balaban J connectivity index is 1.61. The largest absolute Gasteiger partial charge is 0.461 e. The molecule has 0 saturated carbocycles. The number of hydrogen-bond donors (Lipinski definition) is 0. The molecule has 1 aromatic heterocycles. The van der Waals surface area contributed by atoms with Gasteiger partial charge in [-0.05, 0) is 29.9 Å². The maximum absolute atomic E-state index is 11.7. The Labute approximate surface area is 148 Å². The van der Waals surface area contributed by atoms with Crippen molar-refractivity contribution in [3.05, 3.63) is 55.6 Å². The molecule has 0 N–H and O–H groups in total. The van der Waals surface area contributed by atoms with Gasteiger partial charge in [-0.25, -0.2) is 0 Å². The monoisotopic (exact) mass is 373 g/mol. The zero-order valence-corrected chi connectivity index (χ0v) is 14.8. The Bertz CT molecular complexity index is 697. The molecular formula is C16H17Cl2NO3S. The van der Waals surface area contributed by atoms with Crippen molar-refractivity contribution in [3.8, 4) is 0 Å². The van der Waals surface area contributed by atoms with E-state index in [4.69, 9.17) is 27.9 Å². The van der Waals surface area contributed by atoms with Crippen LogP contribution in [0.25, 0.3) is 0 Å². The zero-order chi connectivity index (χ0) is 16.7. The number of nitrogens with zero attached hydrogens (tertiary/aromatic N) is 1. The van der Waals surface area contributed by atoms with Crippen molar-refractivity contribution in [2.24, 2.45) is 0 Å². The molecule has 0 bridgehead atoms. The molecular weight excluding hydrogens is 357 g/mol. The Morgan fingerprint density at radius 1 is 1.13 bits per heavy atom. The number of esters is 1. The molecule has 0 unspecified atom stereocenters. The lowest BCUT2D eigenvalue weighted by molar-refractivity contribution is -0.145. The summed E-state index contributed by atoms with van der Waals surface area (Å²) < 4.78 is 7.06. The minimum atomic E-state index is -0.246. The number of carbonyl (C=O) groups is 1. The third-order valence-electron chi connectivity index (χ3n) is 3.26. The molecule has 23 heavy (non-hydrogen) atoms. The molecule has 0 aliphatic rings. The standard InChI is InChI=1S/C16H17Cl2NO3S/c17-14-15(18)23-19(16(14)21)10-6-2-5-9-13(20)22-11-12-7-3-1-4-8-12/h1,3-4,7-8H,2,5-6,9-11H2. The molecule has 0 spiro atoms. The van der Waals surface area contributed by atoms with E-state index in [-0.39, 0.29) is 16.6 Å². The highest BCUT2D eigenvalue weighted by Crippen LogP contribution is 2.23. The Hall–Kier alpha value is -1.30. The molecule has 0 fully saturated rings. The van der Waals surface area contributed by atoms with Gasteiger partial charge in [-0.1, -0.05) is 60.0 Å². The average Bonchev–Trinajstić information content (AvgIpc) is 2.81. The third-order valence-corrected chi connectivity index (χ3v) is 5.15. The van der Waals surface area contributed by atoms with Crippen LogP contribution in [0.2, 0.25) is 9.36 Å². The smallest absolute Gasteiger partial charge is 0.306 e. The fraction of sp³-hybridized carbons (Fsp3) is 0.375. The lowest BCUT2D eigenvalue weighted by atomic mass is 10.2. The van der Waals surface area contributed by atoms with E-state index in [2.05, 4.69) is 0 Å². The van der Waals surface area contributed by atoms with Gasteiger partial charge in [0.15, 0.2) is 0 Å². The van der Waals surface area contributed by atoms with Crippen LogP contribution in [0, 0.1) is 0 Å². The summed E-state index contributed by atoms with van der Waals surface area (Å²) >= 11 is 12.7. The van der Waals surface area contributed by atoms with Gasteiger partial charge in [0.05, 0.1) is 0 Å². The van der Waals surface area contributed by atoms with Crippen molar-refractivity contribution in [2.75, 3.05) is 0 Å². The molecule has 0 aliphatic heterocycles. The summed E-state index contributed by atoms with van der Waals surface area (Å²) in [4.78, 5) is 23.3. The molecule has 1 aromatic carbocycles. The molecule has 124 valence electrons. The number of halogens is 2. The summed E-state index contributed by atoms with van der Waals surface area (Å²) in [5.74, 6) is -0.201. The summed E-state index contributed by atoms with van der Waals surface area (Å²) in [7, 11) is 0. The number of rotatable bonds is 8. The average molecular weight is 374 g/mol. The molecule has 7 heteroatoms. The van der Waals surface area contributed by atoms with E-state index < -0.39 is 0 Å². The fourth-order valence-corrected chi connectivity index (χ4v) is 3.37. The normalized spacial score (nSPS) is 10.7. The van der Waals surface area contributed by atoms with E-state index in [0.29, 0.717) is 23.9 Å². The first-order valence-electron chi connectivity index (χ1n) is 7.32. The van der Waals surface area contributed by atoms with E-state index in [1.54, 1.807) is 3.96 Å². The quantitative estimate of drug-likeness (QED) is 0.504. The first kappa shape index (κ1) is 18.0. The molecule has 1 heterocycles. The van der Waals surface area contributed by atoms with E-state index in [0.717, 1.165) is 36.4 Å². The van der Waals surface area contributed by atoms with Crippen molar-refractivity contribution in [1.82, 2.24) is 3.96 Å². The van der Waals surface area contributed by atoms with Crippen LogP contribution in [0.15, 0.2) is 35.1 Å². The summed E-state index contributed by atoms with van der Waals surface area (Å²) in [5, 5.41) is 0.0844.